The van der Waals surface area contributed by atoms with E-state index < -0.39 is 10.1 Å². The molecule has 31 heavy (non-hydrogen) atoms. The van der Waals surface area contributed by atoms with Gasteiger partial charge in [-0.25, -0.2) is 4.98 Å². The Morgan fingerprint density at radius 1 is 1.10 bits per heavy atom. The topological polar surface area (TPSA) is 92.8 Å². The van der Waals surface area contributed by atoms with Gasteiger partial charge in [-0.05, 0) is 47.4 Å². The Hall–Kier alpha value is -2.68. The minimum absolute atomic E-state index is 0.374. The van der Waals surface area contributed by atoms with Gasteiger partial charge >= 0.3 is 0 Å². The van der Waals surface area contributed by atoms with Crippen molar-refractivity contribution < 1.29 is 8.95 Å². The largest absolute Gasteiger partial charge is 0.486 e. The van der Waals surface area contributed by atoms with E-state index in [0.717, 1.165) is 22.2 Å². The zero-order chi connectivity index (χ0) is 22.2. The molecule has 0 saturated heterocycles. The highest BCUT2D eigenvalue weighted by Crippen LogP contribution is 2.34. The molecule has 162 valence electrons. The van der Waals surface area contributed by atoms with Crippen molar-refractivity contribution >= 4 is 50.0 Å². The second-order valence-corrected chi connectivity index (χ2v) is 11.2. The molecule has 0 amide bonds. The zero-order valence-corrected chi connectivity index (χ0v) is 19.5. The predicted molar refractivity (Wildman–Crippen MR) is 128 cm³/mol. The molecule has 4 aromatic rings. The molecule has 0 fully saturated rings. The number of rotatable bonds is 6. The maximum atomic E-state index is 11.9. The van der Waals surface area contributed by atoms with Crippen LogP contribution in [0, 0.1) is 0 Å². The van der Waals surface area contributed by atoms with Gasteiger partial charge in [-0.2, -0.15) is 5.10 Å². The number of hydrogen-bond acceptors (Lipinski definition) is 5. The van der Waals surface area contributed by atoms with Gasteiger partial charge in [-0.3, -0.25) is 14.3 Å². The molecule has 0 saturated carbocycles. The summed E-state index contributed by atoms with van der Waals surface area (Å²) in [5.74, 6) is 1.21. The van der Waals surface area contributed by atoms with E-state index in [1.807, 2.05) is 31.2 Å². The lowest BCUT2D eigenvalue weighted by atomic mass is 10.1. The number of hydrogen-bond donors (Lipinski definition) is 3. The average molecular weight is 478 g/mol. The normalized spacial score (nSPS) is 13.2. The molecule has 10 heteroatoms. The lowest BCUT2D eigenvalue weighted by Crippen LogP contribution is -2.18. The molecule has 0 aliphatic carbocycles. The summed E-state index contributed by atoms with van der Waals surface area (Å²) in [7, 11) is -2.43. The first-order chi connectivity index (χ1) is 14.7. The second kappa shape index (κ2) is 8.45. The van der Waals surface area contributed by atoms with Crippen LogP contribution >= 0.6 is 23.2 Å². The minimum Gasteiger partial charge on any atom is -0.486 e. The Bertz CT molecular complexity index is 1270. The summed E-state index contributed by atoms with van der Waals surface area (Å²) in [4.78, 5) is 8.33. The summed E-state index contributed by atoms with van der Waals surface area (Å²) in [6, 6.07) is 9.33. The van der Waals surface area contributed by atoms with Crippen molar-refractivity contribution in [2.24, 2.45) is 0 Å². The molecule has 4 rings (SSSR count). The number of pyridine rings is 2. The summed E-state index contributed by atoms with van der Waals surface area (Å²) in [6.07, 6.45) is 7.71. The number of aromatic amines is 1. The molecular formula is C21H21Cl2N5O2S. The summed E-state index contributed by atoms with van der Waals surface area (Å²) in [5, 5.41) is 9.25. The Morgan fingerprint density at radius 2 is 1.84 bits per heavy atom. The molecule has 3 heterocycles. The lowest BCUT2D eigenvalue weighted by Gasteiger charge is -2.17. The number of nitrogens with one attached hydrogen (secondary N) is 2. The number of fused-ring (bicyclic) bond motifs is 1. The van der Waals surface area contributed by atoms with Crippen LogP contribution in [0.15, 0.2) is 48.9 Å². The first kappa shape index (κ1) is 21.5. The molecule has 7 nitrogen and oxygen atoms in total. The number of aromatic nitrogens is 4. The standard InChI is InChI=1S/C21H21Cl2N5O2S/c1-12(20-16(22)10-24-11-17(20)23)30-14-5-6-18-15(8-14)21(27-26-18)13-4-7-19(25-9-13)28-31(2,3)29/h4-12,31H,1-3H3,(H,26,27)(H,25,28,29)/t12-/m1/s1. The Morgan fingerprint density at radius 3 is 2.48 bits per heavy atom. The molecule has 0 aliphatic heterocycles. The van der Waals surface area contributed by atoms with Crippen LogP contribution in [0.25, 0.3) is 22.2 Å². The van der Waals surface area contributed by atoms with E-state index in [2.05, 4.69) is 24.9 Å². The summed E-state index contributed by atoms with van der Waals surface area (Å²) < 4.78 is 21.0. The SMILES string of the molecule is C[C@@H](Oc1ccc2[nH]nc(-c3ccc(N[SH](C)(C)=O)nc3)c2c1)c1c(Cl)cncc1Cl. The fourth-order valence-corrected chi connectivity index (χ4v) is 4.59. The third-order valence-electron chi connectivity index (χ3n) is 4.56. The fourth-order valence-electron chi connectivity index (χ4n) is 3.24. The second-order valence-electron chi connectivity index (χ2n) is 7.45. The lowest BCUT2D eigenvalue weighted by molar-refractivity contribution is 0.227. The highest BCUT2D eigenvalue weighted by atomic mass is 35.5. The molecule has 0 aliphatic rings. The van der Waals surface area contributed by atoms with Gasteiger partial charge in [0, 0.05) is 47.6 Å². The number of benzene rings is 1. The van der Waals surface area contributed by atoms with E-state index in [0.29, 0.717) is 27.2 Å². The summed E-state index contributed by atoms with van der Waals surface area (Å²) in [6.45, 7) is 1.88. The molecule has 3 aromatic heterocycles. The van der Waals surface area contributed by atoms with Crippen molar-refractivity contribution in [3.63, 3.8) is 0 Å². The van der Waals surface area contributed by atoms with E-state index in [1.54, 1.807) is 37.2 Å². The van der Waals surface area contributed by atoms with Crippen LogP contribution in [0.3, 0.4) is 0 Å². The monoisotopic (exact) mass is 477 g/mol. The first-order valence-electron chi connectivity index (χ1n) is 9.44. The average Bonchev–Trinajstić information content (AvgIpc) is 3.10. The minimum atomic E-state index is -2.43. The van der Waals surface area contributed by atoms with Gasteiger partial charge in [0.25, 0.3) is 0 Å². The zero-order valence-electron chi connectivity index (χ0n) is 17.1. The summed E-state index contributed by atoms with van der Waals surface area (Å²) in [5.41, 5.74) is 3.11. The van der Waals surface area contributed by atoms with Crippen LogP contribution in [0.1, 0.15) is 18.6 Å². The van der Waals surface area contributed by atoms with Crippen molar-refractivity contribution in [2.45, 2.75) is 13.0 Å². The maximum absolute atomic E-state index is 11.9. The van der Waals surface area contributed by atoms with Crippen LogP contribution in [0.5, 0.6) is 5.75 Å². The fraction of sp³-hybridized carbons (Fsp3) is 0.190. The highest BCUT2D eigenvalue weighted by molar-refractivity contribution is 8.02. The number of halogens is 2. The van der Waals surface area contributed by atoms with Crippen LogP contribution < -0.4 is 9.46 Å². The van der Waals surface area contributed by atoms with Crippen molar-refractivity contribution in [3.8, 4) is 17.0 Å². The number of anilines is 1. The van der Waals surface area contributed by atoms with E-state index in [9.17, 15) is 4.21 Å². The van der Waals surface area contributed by atoms with E-state index in [4.69, 9.17) is 27.9 Å². The molecule has 0 bridgehead atoms. The molecule has 0 unspecified atom stereocenters. The number of thiol groups is 1. The third kappa shape index (κ3) is 4.81. The van der Waals surface area contributed by atoms with E-state index >= 15 is 0 Å². The van der Waals surface area contributed by atoms with Gasteiger partial charge in [0.15, 0.2) is 0 Å². The number of nitrogens with zero attached hydrogens (tertiary/aromatic N) is 3. The van der Waals surface area contributed by atoms with Gasteiger partial charge in [0.05, 0.1) is 15.6 Å². The highest BCUT2D eigenvalue weighted by Gasteiger charge is 2.17. The summed E-state index contributed by atoms with van der Waals surface area (Å²) >= 11 is 12.5. The van der Waals surface area contributed by atoms with Gasteiger partial charge in [-0.15, -0.1) is 0 Å². The van der Waals surface area contributed by atoms with Crippen LogP contribution in [0.2, 0.25) is 10.0 Å². The third-order valence-corrected chi connectivity index (χ3v) is 5.93. The number of H-pyrrole nitrogens is 1. The van der Waals surface area contributed by atoms with Gasteiger partial charge in [-0.1, -0.05) is 23.2 Å². The van der Waals surface area contributed by atoms with Crippen LogP contribution in [-0.2, 0) is 10.1 Å². The Kier molecular flexibility index (Phi) is 5.88. The molecule has 2 N–H and O–H groups in total. The van der Waals surface area contributed by atoms with Gasteiger partial charge in [0.1, 0.15) is 23.4 Å². The maximum Gasteiger partial charge on any atom is 0.136 e. The van der Waals surface area contributed by atoms with Gasteiger partial charge < -0.3 is 9.46 Å². The van der Waals surface area contributed by atoms with Crippen LogP contribution in [-0.4, -0.2) is 36.9 Å². The molecule has 0 radical (unpaired) electrons. The van der Waals surface area contributed by atoms with Gasteiger partial charge in [0.2, 0.25) is 0 Å². The molecule has 1 aromatic carbocycles. The van der Waals surface area contributed by atoms with Crippen molar-refractivity contribution in [1.82, 2.24) is 20.2 Å². The smallest absolute Gasteiger partial charge is 0.136 e. The van der Waals surface area contributed by atoms with Crippen molar-refractivity contribution in [1.29, 1.82) is 0 Å². The molecule has 0 spiro atoms. The molecule has 1 atom stereocenters. The predicted octanol–water partition coefficient (Wildman–Crippen LogP) is 5.07. The van der Waals surface area contributed by atoms with Crippen molar-refractivity contribution in [2.75, 3.05) is 17.2 Å². The number of ether oxygens (including phenoxy) is 1. The Balaban J connectivity index is 1.63. The van der Waals surface area contributed by atoms with E-state index in [1.165, 1.54) is 0 Å². The quantitative estimate of drug-likeness (QED) is 0.337. The Labute approximate surface area is 190 Å². The van der Waals surface area contributed by atoms with Crippen molar-refractivity contribution in [3.05, 3.63) is 64.5 Å². The molecular weight excluding hydrogens is 457 g/mol. The first-order valence-corrected chi connectivity index (χ1v) is 12.8. The van der Waals surface area contributed by atoms with E-state index in [-0.39, 0.29) is 6.10 Å². The van der Waals surface area contributed by atoms with Crippen LogP contribution in [0.4, 0.5) is 5.82 Å².